The first-order chi connectivity index (χ1) is 9.80. The summed E-state index contributed by atoms with van der Waals surface area (Å²) in [6.45, 7) is 9.41. The molecule has 1 saturated carbocycles. The highest BCUT2D eigenvalue weighted by Gasteiger charge is 2.49. The summed E-state index contributed by atoms with van der Waals surface area (Å²) in [6.07, 6.45) is 2.60. The van der Waals surface area contributed by atoms with Gasteiger partial charge in [-0.1, -0.05) is 15.9 Å². The van der Waals surface area contributed by atoms with E-state index in [1.165, 1.54) is 12.8 Å². The Bertz CT molecular complexity index is 542. The average Bonchev–Trinajstić information content (AvgIpc) is 3.23. The number of rotatable bonds is 3. The maximum atomic E-state index is 14.1. The van der Waals surface area contributed by atoms with Crippen molar-refractivity contribution in [3.63, 3.8) is 0 Å². The molecular formula is C17H24BrFN2. The van der Waals surface area contributed by atoms with Gasteiger partial charge in [-0.05, 0) is 57.7 Å². The van der Waals surface area contributed by atoms with Gasteiger partial charge >= 0.3 is 0 Å². The van der Waals surface area contributed by atoms with E-state index in [9.17, 15) is 4.39 Å². The molecule has 2 nitrogen and oxygen atoms in total. The van der Waals surface area contributed by atoms with E-state index >= 15 is 0 Å². The first-order valence-corrected chi connectivity index (χ1v) is 8.53. The molecule has 21 heavy (non-hydrogen) atoms. The molecule has 0 amide bonds. The molecular weight excluding hydrogens is 331 g/mol. The normalized spacial score (nSPS) is 29.6. The number of hydrogen-bond donors (Lipinski definition) is 1. The monoisotopic (exact) mass is 354 g/mol. The predicted octanol–water partition coefficient (Wildman–Crippen LogP) is 3.94. The number of benzene rings is 1. The van der Waals surface area contributed by atoms with Crippen molar-refractivity contribution in [3.05, 3.63) is 34.1 Å². The number of halogens is 2. The van der Waals surface area contributed by atoms with E-state index in [0.717, 1.165) is 29.0 Å². The zero-order valence-corrected chi connectivity index (χ0v) is 14.6. The van der Waals surface area contributed by atoms with Gasteiger partial charge in [-0.15, -0.1) is 0 Å². The van der Waals surface area contributed by atoms with Crippen molar-refractivity contribution in [1.82, 2.24) is 10.2 Å². The number of piperazine rings is 1. The van der Waals surface area contributed by atoms with Crippen molar-refractivity contribution in [2.45, 2.75) is 51.2 Å². The first kappa shape index (κ1) is 15.4. The van der Waals surface area contributed by atoms with Crippen molar-refractivity contribution in [1.29, 1.82) is 0 Å². The van der Waals surface area contributed by atoms with Crippen LogP contribution < -0.4 is 5.32 Å². The maximum Gasteiger partial charge on any atom is 0.127 e. The van der Waals surface area contributed by atoms with Gasteiger partial charge in [0.1, 0.15) is 5.82 Å². The SMILES string of the molecule is CC1(C)CN(Cc2cc(Br)ccc2F)C(C)(C2CC2)CN1. The minimum absolute atomic E-state index is 0.0802. The Morgan fingerprint density at radius 2 is 2.05 bits per heavy atom. The lowest BCUT2D eigenvalue weighted by Crippen LogP contribution is -2.67. The molecule has 1 saturated heterocycles. The van der Waals surface area contributed by atoms with Crippen molar-refractivity contribution >= 4 is 15.9 Å². The molecule has 1 atom stereocenters. The summed E-state index contributed by atoms with van der Waals surface area (Å²) < 4.78 is 15.1. The highest BCUT2D eigenvalue weighted by Crippen LogP contribution is 2.45. The number of nitrogens with zero attached hydrogens (tertiary/aromatic N) is 1. The zero-order chi connectivity index (χ0) is 15.3. The van der Waals surface area contributed by atoms with Crippen LogP contribution >= 0.6 is 15.9 Å². The lowest BCUT2D eigenvalue weighted by Gasteiger charge is -2.52. The van der Waals surface area contributed by atoms with Crippen molar-refractivity contribution in [3.8, 4) is 0 Å². The fourth-order valence-corrected chi connectivity index (χ4v) is 3.87. The second-order valence-electron chi connectivity index (χ2n) is 7.46. The van der Waals surface area contributed by atoms with E-state index < -0.39 is 0 Å². The molecule has 1 aromatic rings. The Morgan fingerprint density at radius 3 is 2.71 bits per heavy atom. The van der Waals surface area contributed by atoms with Gasteiger partial charge in [0.15, 0.2) is 0 Å². The van der Waals surface area contributed by atoms with Crippen LogP contribution in [0.3, 0.4) is 0 Å². The van der Waals surface area contributed by atoms with Gasteiger partial charge in [-0.3, -0.25) is 4.90 Å². The molecule has 0 bridgehead atoms. The van der Waals surface area contributed by atoms with Crippen LogP contribution in [0.4, 0.5) is 4.39 Å². The van der Waals surface area contributed by atoms with Crippen LogP contribution in [0.5, 0.6) is 0 Å². The highest BCUT2D eigenvalue weighted by atomic mass is 79.9. The van der Waals surface area contributed by atoms with E-state index in [2.05, 4.69) is 46.9 Å². The molecule has 116 valence electrons. The standard InChI is InChI=1S/C17H24BrFN2/c1-16(2)11-21(17(3,10-20-16)13-4-5-13)9-12-8-14(18)6-7-15(12)19/h6-8,13,20H,4-5,9-11H2,1-3H3. The smallest absolute Gasteiger partial charge is 0.127 e. The van der Waals surface area contributed by atoms with Gasteiger partial charge in [0, 0.05) is 40.7 Å². The second-order valence-corrected chi connectivity index (χ2v) is 8.38. The maximum absolute atomic E-state index is 14.1. The molecule has 1 N–H and O–H groups in total. The lowest BCUT2D eigenvalue weighted by atomic mass is 9.85. The van der Waals surface area contributed by atoms with Crippen molar-refractivity contribution in [2.75, 3.05) is 13.1 Å². The Labute approximate surface area is 135 Å². The number of nitrogens with one attached hydrogen (secondary N) is 1. The molecule has 1 unspecified atom stereocenters. The summed E-state index contributed by atoms with van der Waals surface area (Å²) >= 11 is 3.46. The lowest BCUT2D eigenvalue weighted by molar-refractivity contribution is 0.00448. The summed E-state index contributed by atoms with van der Waals surface area (Å²) in [7, 11) is 0. The van der Waals surface area contributed by atoms with Crippen LogP contribution in [0.25, 0.3) is 0 Å². The van der Waals surface area contributed by atoms with Gasteiger partial charge in [0.05, 0.1) is 0 Å². The Morgan fingerprint density at radius 1 is 1.33 bits per heavy atom. The molecule has 0 aromatic heterocycles. The minimum Gasteiger partial charge on any atom is -0.309 e. The molecule has 1 aromatic carbocycles. The summed E-state index contributed by atoms with van der Waals surface area (Å²) in [5.41, 5.74) is 1.01. The van der Waals surface area contributed by atoms with E-state index in [0.29, 0.717) is 6.54 Å². The third-order valence-corrected chi connectivity index (χ3v) is 5.55. The van der Waals surface area contributed by atoms with Crippen LogP contribution in [0.2, 0.25) is 0 Å². The van der Waals surface area contributed by atoms with Crippen LogP contribution in [-0.4, -0.2) is 29.1 Å². The summed E-state index contributed by atoms with van der Waals surface area (Å²) in [5, 5.41) is 3.67. The van der Waals surface area contributed by atoms with Gasteiger partial charge < -0.3 is 5.32 Å². The molecule has 2 aliphatic rings. The van der Waals surface area contributed by atoms with Gasteiger partial charge in [0.25, 0.3) is 0 Å². The molecule has 0 radical (unpaired) electrons. The van der Waals surface area contributed by atoms with Gasteiger partial charge in [0.2, 0.25) is 0 Å². The van der Waals surface area contributed by atoms with Crippen LogP contribution in [0.15, 0.2) is 22.7 Å². The summed E-state index contributed by atoms with van der Waals surface area (Å²) in [6, 6.07) is 5.24. The van der Waals surface area contributed by atoms with E-state index in [4.69, 9.17) is 0 Å². The van der Waals surface area contributed by atoms with Gasteiger partial charge in [-0.25, -0.2) is 4.39 Å². The largest absolute Gasteiger partial charge is 0.309 e. The second kappa shape index (κ2) is 5.32. The Balaban J connectivity index is 1.87. The number of hydrogen-bond acceptors (Lipinski definition) is 2. The molecule has 2 fully saturated rings. The fourth-order valence-electron chi connectivity index (χ4n) is 3.46. The molecule has 1 aliphatic carbocycles. The topological polar surface area (TPSA) is 15.3 Å². The zero-order valence-electron chi connectivity index (χ0n) is 13.0. The van der Waals surface area contributed by atoms with E-state index in [1.54, 1.807) is 12.1 Å². The first-order valence-electron chi connectivity index (χ1n) is 7.74. The quantitative estimate of drug-likeness (QED) is 0.884. The predicted molar refractivity (Wildman–Crippen MR) is 87.7 cm³/mol. The molecule has 1 aliphatic heterocycles. The average molecular weight is 355 g/mol. The van der Waals surface area contributed by atoms with Crippen molar-refractivity contribution in [2.24, 2.45) is 5.92 Å². The van der Waals surface area contributed by atoms with Crippen molar-refractivity contribution < 1.29 is 4.39 Å². The third-order valence-electron chi connectivity index (χ3n) is 5.06. The van der Waals surface area contributed by atoms with Gasteiger partial charge in [-0.2, -0.15) is 0 Å². The molecule has 0 spiro atoms. The highest BCUT2D eigenvalue weighted by molar-refractivity contribution is 9.10. The van der Waals surface area contributed by atoms with Crippen LogP contribution in [0, 0.1) is 11.7 Å². The molecule has 4 heteroatoms. The van der Waals surface area contributed by atoms with E-state index in [-0.39, 0.29) is 16.9 Å². The summed E-state index contributed by atoms with van der Waals surface area (Å²) in [5.74, 6) is 0.643. The summed E-state index contributed by atoms with van der Waals surface area (Å²) in [4.78, 5) is 2.49. The fraction of sp³-hybridized carbons (Fsp3) is 0.647. The minimum atomic E-state index is -0.104. The van der Waals surface area contributed by atoms with Crippen LogP contribution in [-0.2, 0) is 6.54 Å². The third kappa shape index (κ3) is 3.17. The Kier molecular flexibility index (Phi) is 3.92. The molecule has 1 heterocycles. The van der Waals surface area contributed by atoms with Crippen LogP contribution in [0.1, 0.15) is 39.2 Å². The Hall–Kier alpha value is -0.450. The van der Waals surface area contributed by atoms with E-state index in [1.807, 2.05) is 6.07 Å². The molecule has 3 rings (SSSR count).